The Morgan fingerprint density at radius 3 is 2.04 bits per heavy atom. The Morgan fingerprint density at radius 1 is 0.500 bits per heavy atom. The molecule has 0 saturated heterocycles. The molecule has 1 aliphatic carbocycles. The Balaban J connectivity index is 1.20. The third-order valence-electron chi connectivity index (χ3n) is 10.2. The minimum atomic E-state index is 0.476. The lowest BCUT2D eigenvalue weighted by atomic mass is 9.92. The quantitative estimate of drug-likeness (QED) is 0.133. The van der Waals surface area contributed by atoms with Crippen molar-refractivity contribution in [1.29, 1.82) is 0 Å². The van der Waals surface area contributed by atoms with Crippen LogP contribution in [0.2, 0.25) is 0 Å². The largest absolute Gasteiger partial charge is 0.456 e. The number of hydrogen-bond donors (Lipinski definition) is 0. The zero-order valence-electron chi connectivity index (χ0n) is 28.3. The van der Waals surface area contributed by atoms with E-state index in [9.17, 15) is 0 Å². The highest BCUT2D eigenvalue weighted by Crippen LogP contribution is 2.49. The summed E-state index contributed by atoms with van der Waals surface area (Å²) in [6.45, 7) is 4.54. The molecule has 10 rings (SSSR count). The third kappa shape index (κ3) is 4.88. The van der Waals surface area contributed by atoms with Gasteiger partial charge in [0.1, 0.15) is 11.2 Å². The first-order valence-electron chi connectivity index (χ1n) is 17.5. The fraction of sp³-hybridized carbons (Fsp3) is 0.0208. The van der Waals surface area contributed by atoms with Crippen LogP contribution >= 0.6 is 0 Å². The number of hydrogen-bond acceptors (Lipinski definition) is 2. The fourth-order valence-electron chi connectivity index (χ4n) is 7.80. The maximum Gasteiger partial charge on any atom is 0.161 e. The second kappa shape index (κ2) is 12.1. The van der Waals surface area contributed by atoms with Gasteiger partial charge in [0.2, 0.25) is 0 Å². The van der Waals surface area contributed by atoms with Crippen LogP contribution in [0.1, 0.15) is 16.7 Å². The summed E-state index contributed by atoms with van der Waals surface area (Å²) >= 11 is 0. The van der Waals surface area contributed by atoms with Crippen molar-refractivity contribution < 1.29 is 4.42 Å². The molecule has 0 atom stereocenters. The van der Waals surface area contributed by atoms with Crippen molar-refractivity contribution in [3.8, 4) is 33.4 Å². The van der Waals surface area contributed by atoms with Crippen LogP contribution < -0.4 is 0 Å². The maximum atomic E-state index is 6.57. The first kappa shape index (κ1) is 30.0. The number of amidine groups is 2. The monoisotopic (exact) mass is 665 g/mol. The second-order valence-corrected chi connectivity index (χ2v) is 13.2. The molecular weight excluding hydrogens is 635 g/mol. The average molecular weight is 666 g/mol. The van der Waals surface area contributed by atoms with Gasteiger partial charge in [0.05, 0.1) is 6.54 Å². The summed E-state index contributed by atoms with van der Waals surface area (Å²) in [5, 5.41) is 6.70. The van der Waals surface area contributed by atoms with E-state index >= 15 is 0 Å². The summed E-state index contributed by atoms with van der Waals surface area (Å²) in [5.41, 5.74) is 11.6. The molecule has 9 aromatic rings. The molecule has 4 heteroatoms. The number of para-hydroxylation sites is 1. The van der Waals surface area contributed by atoms with Crippen LogP contribution in [-0.4, -0.2) is 18.4 Å². The van der Waals surface area contributed by atoms with Crippen LogP contribution in [0.25, 0.3) is 76.9 Å². The summed E-state index contributed by atoms with van der Waals surface area (Å²) in [7, 11) is 0. The van der Waals surface area contributed by atoms with E-state index in [1.54, 1.807) is 0 Å². The molecule has 4 nitrogen and oxygen atoms in total. The first-order chi connectivity index (χ1) is 25.7. The summed E-state index contributed by atoms with van der Waals surface area (Å²) in [4.78, 5) is 15.0. The molecule has 1 heterocycles. The summed E-state index contributed by atoms with van der Waals surface area (Å²) < 4.78 is 6.57. The molecular formula is C48H31N3O. The highest BCUT2D eigenvalue weighted by atomic mass is 16.3. The molecule has 1 aliphatic rings. The minimum absolute atomic E-state index is 0.476. The van der Waals surface area contributed by atoms with Gasteiger partial charge >= 0.3 is 0 Å². The molecule has 0 radical (unpaired) electrons. The molecule has 0 amide bonds. The summed E-state index contributed by atoms with van der Waals surface area (Å²) in [6, 6.07) is 57.2. The van der Waals surface area contributed by atoms with E-state index < -0.39 is 0 Å². The Hall–Kier alpha value is -6.91. The number of fused-ring (bicyclic) bond motifs is 7. The number of rotatable bonds is 5. The van der Waals surface area contributed by atoms with Crippen LogP contribution in [0.5, 0.6) is 0 Å². The number of aliphatic imine (C=N–C) groups is 3. The van der Waals surface area contributed by atoms with Gasteiger partial charge < -0.3 is 4.42 Å². The zero-order chi connectivity index (χ0) is 34.6. The molecule has 1 aromatic heterocycles. The van der Waals surface area contributed by atoms with Crippen LogP contribution in [0.15, 0.2) is 183 Å². The number of benzene rings is 8. The molecule has 0 saturated carbocycles. The maximum absolute atomic E-state index is 6.57. The summed E-state index contributed by atoms with van der Waals surface area (Å²) in [6.07, 6.45) is 0. The molecule has 8 aromatic carbocycles. The average Bonchev–Trinajstić information content (AvgIpc) is 3.75. The van der Waals surface area contributed by atoms with E-state index in [1.807, 2.05) is 36.4 Å². The Bertz CT molecular complexity index is 2920. The van der Waals surface area contributed by atoms with Gasteiger partial charge in [0.15, 0.2) is 11.7 Å². The van der Waals surface area contributed by atoms with Crippen LogP contribution in [-0.2, 0) is 6.54 Å². The molecule has 0 fully saturated rings. The standard InChI is InChI=1S/C48H31N3O/c1-49-48(51-47(50-29-30-12-3-2-4-13-30)33-23-22-31-14-5-6-15-32(31)26-33)42-27-34(28-44-46(42)41-18-9-10-21-43(41)52-44)35-24-25-40-37-17-8-7-16-36(37)39-20-11-19-38(35)45(39)40/h2-28H,1,29H2/b50-47-,51-48-. The topological polar surface area (TPSA) is 50.2 Å². The molecule has 0 bridgehead atoms. The van der Waals surface area contributed by atoms with E-state index in [0.717, 1.165) is 60.5 Å². The fourth-order valence-corrected chi connectivity index (χ4v) is 7.80. The van der Waals surface area contributed by atoms with Crippen molar-refractivity contribution in [2.45, 2.75) is 6.54 Å². The molecule has 0 spiro atoms. The first-order valence-corrected chi connectivity index (χ1v) is 17.5. The normalized spacial score (nSPS) is 12.6. The number of furan rings is 1. The van der Waals surface area contributed by atoms with Crippen molar-refractivity contribution in [2.24, 2.45) is 15.0 Å². The van der Waals surface area contributed by atoms with E-state index in [2.05, 4.69) is 139 Å². The van der Waals surface area contributed by atoms with E-state index in [1.165, 1.54) is 33.0 Å². The highest BCUT2D eigenvalue weighted by molar-refractivity contribution is 6.24. The highest BCUT2D eigenvalue weighted by Gasteiger charge is 2.24. The predicted octanol–water partition coefficient (Wildman–Crippen LogP) is 12.3. The number of nitrogens with zero attached hydrogens (tertiary/aromatic N) is 3. The molecule has 0 unspecified atom stereocenters. The van der Waals surface area contributed by atoms with Gasteiger partial charge in [-0.3, -0.25) is 4.99 Å². The van der Waals surface area contributed by atoms with Gasteiger partial charge in [0, 0.05) is 21.9 Å². The van der Waals surface area contributed by atoms with Crippen molar-refractivity contribution in [2.75, 3.05) is 0 Å². The molecule has 0 aliphatic heterocycles. The van der Waals surface area contributed by atoms with Crippen molar-refractivity contribution in [1.82, 2.24) is 0 Å². The van der Waals surface area contributed by atoms with Crippen molar-refractivity contribution in [3.05, 3.63) is 180 Å². The Kier molecular flexibility index (Phi) is 7.00. The summed E-state index contributed by atoms with van der Waals surface area (Å²) in [5.74, 6) is 1.07. The predicted molar refractivity (Wildman–Crippen MR) is 218 cm³/mol. The Labute approximate surface area is 300 Å². The van der Waals surface area contributed by atoms with Gasteiger partial charge in [0.25, 0.3) is 0 Å². The van der Waals surface area contributed by atoms with Crippen LogP contribution in [0, 0.1) is 0 Å². The van der Waals surface area contributed by atoms with Crippen molar-refractivity contribution >= 4 is 61.9 Å². The van der Waals surface area contributed by atoms with Gasteiger partial charge in [-0.15, -0.1) is 0 Å². The Morgan fingerprint density at radius 2 is 1.19 bits per heavy atom. The van der Waals surface area contributed by atoms with Crippen molar-refractivity contribution in [3.63, 3.8) is 0 Å². The lowest BCUT2D eigenvalue weighted by Crippen LogP contribution is -2.06. The van der Waals surface area contributed by atoms with E-state index in [-0.39, 0.29) is 0 Å². The van der Waals surface area contributed by atoms with E-state index in [4.69, 9.17) is 14.4 Å². The molecule has 244 valence electrons. The van der Waals surface area contributed by atoms with Gasteiger partial charge in [-0.25, -0.2) is 9.98 Å². The third-order valence-corrected chi connectivity index (χ3v) is 10.2. The SMILES string of the molecule is C=N/C(=N\C(=N/Cc1ccccc1)c1ccc2ccccc2c1)c1cc(-c2ccc3c4c(cccc24)-c2ccccc2-3)cc2oc3ccccc3c12. The molecule has 0 N–H and O–H groups in total. The zero-order valence-corrected chi connectivity index (χ0v) is 28.3. The smallest absolute Gasteiger partial charge is 0.161 e. The minimum Gasteiger partial charge on any atom is -0.456 e. The lowest BCUT2D eigenvalue weighted by Gasteiger charge is -2.13. The van der Waals surface area contributed by atoms with Gasteiger partial charge in [-0.1, -0.05) is 140 Å². The van der Waals surface area contributed by atoms with E-state index in [0.29, 0.717) is 18.2 Å². The van der Waals surface area contributed by atoms with Crippen LogP contribution in [0.3, 0.4) is 0 Å². The van der Waals surface area contributed by atoms with Crippen LogP contribution in [0.4, 0.5) is 0 Å². The molecule has 52 heavy (non-hydrogen) atoms. The van der Waals surface area contributed by atoms with Gasteiger partial charge in [-0.05, 0) is 91.5 Å². The van der Waals surface area contributed by atoms with Gasteiger partial charge in [-0.2, -0.15) is 0 Å². The lowest BCUT2D eigenvalue weighted by molar-refractivity contribution is 0.669. The second-order valence-electron chi connectivity index (χ2n) is 13.2.